The average molecular weight is 364 g/mol. The van der Waals surface area contributed by atoms with Gasteiger partial charge in [-0.2, -0.15) is 0 Å². The zero-order valence-corrected chi connectivity index (χ0v) is 16.3. The summed E-state index contributed by atoms with van der Waals surface area (Å²) in [4.78, 5) is 6.79. The molecule has 7 nitrogen and oxygen atoms in total. The van der Waals surface area contributed by atoms with Crippen molar-refractivity contribution in [2.75, 3.05) is 53.6 Å². The molecule has 3 N–H and O–H groups in total. The van der Waals surface area contributed by atoms with E-state index in [1.165, 1.54) is 0 Å². The molecule has 0 aliphatic carbocycles. The van der Waals surface area contributed by atoms with Crippen LogP contribution in [0.2, 0.25) is 0 Å². The fourth-order valence-corrected chi connectivity index (χ4v) is 2.95. The lowest BCUT2D eigenvalue weighted by Crippen LogP contribution is -2.45. The number of hydrogen-bond acceptors (Lipinski definition) is 5. The molecule has 26 heavy (non-hydrogen) atoms. The predicted octanol–water partition coefficient (Wildman–Crippen LogP) is 1.64. The molecule has 7 heteroatoms. The van der Waals surface area contributed by atoms with Gasteiger partial charge < -0.3 is 25.3 Å². The number of methoxy groups -OCH3 is 2. The normalized spacial score (nSPS) is 17.2. The standard InChI is InChI=1S/C19H32N4O3/c1-14(2)12-21-19(20)22-13-16(23-7-9-26-10-8-23)15-5-6-17(24-3)18(11-15)25-4/h5-6,11,14,16H,7-10,12-13H2,1-4H3,(H3,20,21,22). The lowest BCUT2D eigenvalue weighted by molar-refractivity contribution is 0.0170. The van der Waals surface area contributed by atoms with Crippen molar-refractivity contribution in [3.05, 3.63) is 23.8 Å². The monoisotopic (exact) mass is 364 g/mol. The minimum absolute atomic E-state index is 0.145. The number of morpholine rings is 1. The third-order valence-corrected chi connectivity index (χ3v) is 4.38. The average Bonchev–Trinajstić information content (AvgIpc) is 2.67. The Morgan fingerprint density at radius 3 is 2.54 bits per heavy atom. The molecular weight excluding hydrogens is 332 g/mol. The molecule has 1 aliphatic heterocycles. The van der Waals surface area contributed by atoms with Gasteiger partial charge in [0.15, 0.2) is 17.5 Å². The summed E-state index contributed by atoms with van der Waals surface area (Å²) in [6.45, 7) is 8.86. The molecule has 0 radical (unpaired) electrons. The second-order valence-corrected chi connectivity index (χ2v) is 6.78. The number of guanidine groups is 1. The van der Waals surface area contributed by atoms with Crippen molar-refractivity contribution in [3.63, 3.8) is 0 Å². The van der Waals surface area contributed by atoms with E-state index in [9.17, 15) is 0 Å². The molecule has 1 fully saturated rings. The van der Waals surface area contributed by atoms with Crippen LogP contribution in [-0.2, 0) is 4.74 Å². The zero-order chi connectivity index (χ0) is 18.9. The molecule has 146 valence electrons. The quantitative estimate of drug-likeness (QED) is 0.539. The van der Waals surface area contributed by atoms with Gasteiger partial charge in [0.05, 0.1) is 33.5 Å². The first-order valence-electron chi connectivity index (χ1n) is 9.12. The van der Waals surface area contributed by atoms with Crippen molar-refractivity contribution in [3.8, 4) is 11.5 Å². The summed E-state index contributed by atoms with van der Waals surface area (Å²) in [6, 6.07) is 6.19. The molecule has 1 aliphatic rings. The lowest BCUT2D eigenvalue weighted by Gasteiger charge is -2.35. The Kier molecular flexibility index (Phi) is 8.00. The molecule has 0 aromatic heterocycles. The van der Waals surface area contributed by atoms with Gasteiger partial charge in [-0.1, -0.05) is 19.9 Å². The van der Waals surface area contributed by atoms with Crippen molar-refractivity contribution >= 4 is 5.96 Å². The molecule has 0 bridgehead atoms. The summed E-state index contributed by atoms with van der Waals surface area (Å²) in [5, 5.41) is 3.27. The molecule has 1 unspecified atom stereocenters. The van der Waals surface area contributed by atoms with Gasteiger partial charge in [0, 0.05) is 26.2 Å². The Labute approximate surface area is 156 Å². The van der Waals surface area contributed by atoms with Gasteiger partial charge in [-0.15, -0.1) is 0 Å². The highest BCUT2D eigenvalue weighted by Crippen LogP contribution is 2.32. The summed E-state index contributed by atoms with van der Waals surface area (Å²) >= 11 is 0. The summed E-state index contributed by atoms with van der Waals surface area (Å²) < 4.78 is 16.3. The fourth-order valence-electron chi connectivity index (χ4n) is 2.95. The fraction of sp³-hybridized carbons (Fsp3) is 0.632. The topological polar surface area (TPSA) is 81.3 Å². The van der Waals surface area contributed by atoms with E-state index in [-0.39, 0.29) is 6.04 Å². The molecular formula is C19H32N4O3. The summed E-state index contributed by atoms with van der Waals surface area (Å²) in [6.07, 6.45) is 0. The maximum absolute atomic E-state index is 6.03. The number of hydrogen-bond donors (Lipinski definition) is 2. The van der Waals surface area contributed by atoms with Crippen LogP contribution in [0, 0.1) is 5.92 Å². The third kappa shape index (κ3) is 5.78. The van der Waals surface area contributed by atoms with E-state index in [0.29, 0.717) is 18.4 Å². The highest BCUT2D eigenvalue weighted by atomic mass is 16.5. The van der Waals surface area contributed by atoms with E-state index in [1.807, 2.05) is 12.1 Å². The largest absolute Gasteiger partial charge is 0.493 e. The lowest BCUT2D eigenvalue weighted by atomic mass is 10.0. The van der Waals surface area contributed by atoms with Crippen LogP contribution in [0.5, 0.6) is 11.5 Å². The van der Waals surface area contributed by atoms with Gasteiger partial charge >= 0.3 is 0 Å². The summed E-state index contributed by atoms with van der Waals surface area (Å²) in [5.41, 5.74) is 7.18. The minimum atomic E-state index is 0.145. The molecule has 2 rings (SSSR count). The highest BCUT2D eigenvalue weighted by molar-refractivity contribution is 5.77. The minimum Gasteiger partial charge on any atom is -0.493 e. The van der Waals surface area contributed by atoms with Crippen molar-refractivity contribution in [2.24, 2.45) is 16.6 Å². The Hall–Kier alpha value is -1.99. The van der Waals surface area contributed by atoms with E-state index in [1.54, 1.807) is 14.2 Å². The molecule has 1 heterocycles. The number of benzene rings is 1. The number of ether oxygens (including phenoxy) is 3. The van der Waals surface area contributed by atoms with Crippen LogP contribution < -0.4 is 20.5 Å². The third-order valence-electron chi connectivity index (χ3n) is 4.38. The van der Waals surface area contributed by atoms with Gasteiger partial charge in [0.1, 0.15) is 0 Å². The predicted molar refractivity (Wildman–Crippen MR) is 104 cm³/mol. The van der Waals surface area contributed by atoms with Crippen LogP contribution in [0.4, 0.5) is 0 Å². The number of nitrogens with two attached hydrogens (primary N) is 1. The van der Waals surface area contributed by atoms with Gasteiger partial charge in [-0.25, -0.2) is 0 Å². The van der Waals surface area contributed by atoms with E-state index in [2.05, 4.69) is 35.1 Å². The van der Waals surface area contributed by atoms with Crippen LogP contribution in [0.25, 0.3) is 0 Å². The number of nitrogens with one attached hydrogen (secondary N) is 1. The molecule has 1 aromatic carbocycles. The molecule has 0 spiro atoms. The molecule has 1 aromatic rings. The smallest absolute Gasteiger partial charge is 0.188 e. The SMILES string of the molecule is COc1ccc(C(CNC(N)=NCC(C)C)N2CCOCC2)cc1OC. The first-order chi connectivity index (χ1) is 12.5. The van der Waals surface area contributed by atoms with E-state index in [0.717, 1.165) is 49.9 Å². The van der Waals surface area contributed by atoms with Gasteiger partial charge in [0.2, 0.25) is 0 Å². The molecule has 1 atom stereocenters. The van der Waals surface area contributed by atoms with Gasteiger partial charge in [-0.05, 0) is 23.6 Å². The van der Waals surface area contributed by atoms with Crippen molar-refractivity contribution in [1.82, 2.24) is 10.2 Å². The van der Waals surface area contributed by atoms with Crippen LogP contribution >= 0.6 is 0 Å². The number of rotatable bonds is 8. The van der Waals surface area contributed by atoms with Crippen molar-refractivity contribution in [1.29, 1.82) is 0 Å². The van der Waals surface area contributed by atoms with Gasteiger partial charge in [0.25, 0.3) is 0 Å². The van der Waals surface area contributed by atoms with E-state index < -0.39 is 0 Å². The summed E-state index contributed by atoms with van der Waals surface area (Å²) in [5.74, 6) is 2.42. The second-order valence-electron chi connectivity index (χ2n) is 6.78. The molecule has 0 amide bonds. The second kappa shape index (κ2) is 10.2. The Morgan fingerprint density at radius 1 is 1.23 bits per heavy atom. The van der Waals surface area contributed by atoms with Gasteiger partial charge in [-0.3, -0.25) is 9.89 Å². The molecule has 1 saturated heterocycles. The van der Waals surface area contributed by atoms with Crippen molar-refractivity contribution in [2.45, 2.75) is 19.9 Å². The zero-order valence-electron chi connectivity index (χ0n) is 16.3. The van der Waals surface area contributed by atoms with Crippen LogP contribution in [0.1, 0.15) is 25.5 Å². The first kappa shape index (κ1) is 20.3. The van der Waals surface area contributed by atoms with E-state index in [4.69, 9.17) is 19.9 Å². The summed E-state index contributed by atoms with van der Waals surface area (Å²) in [7, 11) is 3.30. The van der Waals surface area contributed by atoms with Crippen LogP contribution in [-0.4, -0.2) is 64.5 Å². The maximum Gasteiger partial charge on any atom is 0.188 e. The first-order valence-corrected chi connectivity index (χ1v) is 9.12. The maximum atomic E-state index is 6.03. The Morgan fingerprint density at radius 2 is 1.92 bits per heavy atom. The van der Waals surface area contributed by atoms with Crippen LogP contribution in [0.15, 0.2) is 23.2 Å². The Balaban J connectivity index is 2.17. The van der Waals surface area contributed by atoms with Crippen LogP contribution in [0.3, 0.4) is 0 Å². The highest BCUT2D eigenvalue weighted by Gasteiger charge is 2.24. The molecule has 0 saturated carbocycles. The number of nitrogens with zero attached hydrogens (tertiary/aromatic N) is 2. The van der Waals surface area contributed by atoms with Crippen molar-refractivity contribution < 1.29 is 14.2 Å². The number of aliphatic imine (C=N–C) groups is 1. The Bertz CT molecular complexity index is 586. The van der Waals surface area contributed by atoms with E-state index >= 15 is 0 Å².